The van der Waals surface area contributed by atoms with E-state index >= 15 is 0 Å². The Morgan fingerprint density at radius 3 is 2.83 bits per heavy atom. The molecule has 0 radical (unpaired) electrons. The third kappa shape index (κ3) is 3.56. The predicted octanol–water partition coefficient (Wildman–Crippen LogP) is 3.37. The van der Waals surface area contributed by atoms with Gasteiger partial charge in [-0.3, -0.25) is 4.79 Å². The Hall–Kier alpha value is -1.71. The van der Waals surface area contributed by atoms with Gasteiger partial charge in [0.25, 0.3) is 0 Å². The van der Waals surface area contributed by atoms with E-state index < -0.39 is 28.9 Å². The van der Waals surface area contributed by atoms with Crippen molar-refractivity contribution in [3.63, 3.8) is 0 Å². The fraction of sp³-hybridized carbons (Fsp3) is 0.750. The van der Waals surface area contributed by atoms with Crippen LogP contribution in [0.25, 0.3) is 6.08 Å². The van der Waals surface area contributed by atoms with Crippen LogP contribution in [-0.2, 0) is 9.53 Å². The smallest absolute Gasteiger partial charge is 0.246 e. The number of hydroxylamine groups is 1. The van der Waals surface area contributed by atoms with Crippen molar-refractivity contribution in [1.29, 1.82) is 0 Å². The first kappa shape index (κ1) is 24.6. The molecule has 36 heavy (non-hydrogen) atoms. The number of aliphatic hydroxyl groups is 2. The molecule has 1 saturated heterocycles. The number of carbonyl (C=O) groups is 1. The maximum Gasteiger partial charge on any atom is 0.246 e. The average molecular weight is 501 g/mol. The van der Waals surface area contributed by atoms with Gasteiger partial charge in [-0.25, -0.2) is 5.48 Å². The highest BCUT2D eigenvalue weighted by Gasteiger charge is 2.82. The van der Waals surface area contributed by atoms with E-state index in [1.54, 1.807) is 24.7 Å². The van der Waals surface area contributed by atoms with Crippen molar-refractivity contribution in [2.75, 3.05) is 0 Å². The summed E-state index contributed by atoms with van der Waals surface area (Å²) in [6.07, 6.45) is 13.1. The molecule has 8 heteroatoms. The molecule has 5 N–H and O–H groups in total. The van der Waals surface area contributed by atoms with E-state index in [0.29, 0.717) is 38.0 Å². The summed E-state index contributed by atoms with van der Waals surface area (Å²) in [6.45, 7) is 2.25. The van der Waals surface area contributed by atoms with Crippen LogP contribution < -0.4 is 10.8 Å². The number of ether oxygens (including phenoxy) is 1. The second kappa shape index (κ2) is 8.95. The minimum Gasteiger partial charge on any atom is -0.472 e. The predicted molar refractivity (Wildman–Crippen MR) is 131 cm³/mol. The lowest BCUT2D eigenvalue weighted by Gasteiger charge is -2.65. The van der Waals surface area contributed by atoms with Crippen LogP contribution in [0.4, 0.5) is 0 Å². The first-order valence-electron chi connectivity index (χ1n) is 13.8. The van der Waals surface area contributed by atoms with E-state index in [1.807, 2.05) is 0 Å². The third-order valence-electron chi connectivity index (χ3n) is 10.2. The Kier molecular flexibility index (Phi) is 6.12. The summed E-state index contributed by atoms with van der Waals surface area (Å²) in [4.78, 5) is 13.4. The van der Waals surface area contributed by atoms with Crippen LogP contribution in [-0.4, -0.2) is 50.9 Å². The van der Waals surface area contributed by atoms with Crippen LogP contribution in [0.5, 0.6) is 0 Å². The lowest BCUT2D eigenvalue weighted by molar-refractivity contribution is -0.244. The second-order valence-electron chi connectivity index (χ2n) is 12.3. The zero-order valence-corrected chi connectivity index (χ0v) is 21.1. The highest BCUT2D eigenvalue weighted by Crippen LogP contribution is 2.72. The summed E-state index contributed by atoms with van der Waals surface area (Å²) >= 11 is 0. The van der Waals surface area contributed by atoms with E-state index in [-0.39, 0.29) is 23.8 Å². The van der Waals surface area contributed by atoms with Crippen LogP contribution in [0.15, 0.2) is 29.1 Å². The van der Waals surface area contributed by atoms with E-state index in [0.717, 1.165) is 30.7 Å². The SMILES string of the molecule is CC(CC1CC1)CC12C3CCC[C@]1(NC(=O)/C=C/c1ccoc1)OC1[C@@H](O)CCC(CC3NO)[C@@]12O. The van der Waals surface area contributed by atoms with Crippen molar-refractivity contribution in [2.24, 2.45) is 29.1 Å². The molecule has 4 aliphatic carbocycles. The highest BCUT2D eigenvalue weighted by atomic mass is 16.6. The van der Waals surface area contributed by atoms with E-state index in [2.05, 4.69) is 17.7 Å². The van der Waals surface area contributed by atoms with Gasteiger partial charge in [0.2, 0.25) is 5.91 Å². The molecule has 4 saturated carbocycles. The summed E-state index contributed by atoms with van der Waals surface area (Å²) < 4.78 is 11.9. The molecule has 0 bridgehead atoms. The highest BCUT2D eigenvalue weighted by molar-refractivity contribution is 5.92. The minimum absolute atomic E-state index is 0.0902. The minimum atomic E-state index is -1.28. The average Bonchev–Trinajstić information content (AvgIpc) is 3.43. The molecule has 8 nitrogen and oxygen atoms in total. The van der Waals surface area contributed by atoms with Crippen LogP contribution in [0.3, 0.4) is 0 Å². The first-order valence-corrected chi connectivity index (χ1v) is 13.8. The largest absolute Gasteiger partial charge is 0.472 e. The normalized spacial score (nSPS) is 44.4. The summed E-state index contributed by atoms with van der Waals surface area (Å²) in [7, 11) is 0. The molecule has 0 aromatic carbocycles. The zero-order valence-electron chi connectivity index (χ0n) is 21.1. The van der Waals surface area contributed by atoms with Gasteiger partial charge in [-0.2, -0.15) is 0 Å². The van der Waals surface area contributed by atoms with Crippen LogP contribution in [0.1, 0.15) is 76.7 Å². The number of rotatable bonds is 8. The fourth-order valence-corrected chi connectivity index (χ4v) is 8.87. The van der Waals surface area contributed by atoms with Crippen molar-refractivity contribution in [1.82, 2.24) is 10.8 Å². The quantitative estimate of drug-likeness (QED) is 0.274. The summed E-state index contributed by atoms with van der Waals surface area (Å²) in [5.74, 6) is 0.541. The van der Waals surface area contributed by atoms with Gasteiger partial charge in [0.15, 0.2) is 5.72 Å². The molecule has 1 aromatic heterocycles. The fourth-order valence-electron chi connectivity index (χ4n) is 8.87. The molecule has 6 unspecified atom stereocenters. The van der Waals surface area contributed by atoms with Gasteiger partial charge in [0.1, 0.15) is 11.7 Å². The van der Waals surface area contributed by atoms with Crippen molar-refractivity contribution >= 4 is 12.0 Å². The molecule has 0 spiro atoms. The molecular weight excluding hydrogens is 460 g/mol. The van der Waals surface area contributed by atoms with E-state index in [1.165, 1.54) is 18.9 Å². The van der Waals surface area contributed by atoms with Gasteiger partial charge in [-0.15, -0.1) is 0 Å². The maximum atomic E-state index is 13.4. The van der Waals surface area contributed by atoms with Gasteiger partial charge < -0.3 is 29.9 Å². The molecule has 198 valence electrons. The Morgan fingerprint density at radius 2 is 2.11 bits per heavy atom. The molecule has 6 rings (SSSR count). The molecule has 9 atom stereocenters. The van der Waals surface area contributed by atoms with Crippen LogP contribution >= 0.6 is 0 Å². The molecule has 2 heterocycles. The van der Waals surface area contributed by atoms with Crippen LogP contribution in [0.2, 0.25) is 0 Å². The van der Waals surface area contributed by atoms with Crippen LogP contribution in [0, 0.1) is 29.1 Å². The topological polar surface area (TPSA) is 124 Å². The second-order valence-corrected chi connectivity index (χ2v) is 12.3. The van der Waals surface area contributed by atoms with Crippen molar-refractivity contribution in [3.05, 3.63) is 30.2 Å². The number of hydrogen-bond donors (Lipinski definition) is 5. The van der Waals surface area contributed by atoms with Gasteiger partial charge in [0.05, 0.1) is 24.0 Å². The van der Waals surface area contributed by atoms with Gasteiger partial charge in [-0.05, 0) is 87.2 Å². The number of hydrogen-bond acceptors (Lipinski definition) is 7. The first-order chi connectivity index (χ1) is 17.3. The van der Waals surface area contributed by atoms with Crippen molar-refractivity contribution < 1.29 is 29.4 Å². The maximum absolute atomic E-state index is 13.4. The number of aliphatic hydroxyl groups excluding tert-OH is 1. The van der Waals surface area contributed by atoms with E-state index in [9.17, 15) is 20.2 Å². The number of amides is 1. The molecule has 5 fully saturated rings. The Bertz CT molecular complexity index is 994. The lowest BCUT2D eigenvalue weighted by Crippen LogP contribution is -2.76. The molecule has 5 aliphatic rings. The number of nitrogens with one attached hydrogen (secondary N) is 2. The van der Waals surface area contributed by atoms with Crippen molar-refractivity contribution in [3.8, 4) is 0 Å². The van der Waals surface area contributed by atoms with Crippen molar-refractivity contribution in [2.45, 2.75) is 101 Å². The molecule has 1 amide bonds. The van der Waals surface area contributed by atoms with Gasteiger partial charge in [-0.1, -0.05) is 19.8 Å². The standard InChI is InChI=1S/C28H40N2O6/c1-17(13-18-4-5-18)15-26-21-3-2-11-27(26,29-24(32)9-6-19-10-12-35-16-19)36-25-23(31)8-7-20(28(25,26)33)14-22(21)30-34/h6,9-10,12,16-18,20-23,25,30-31,33-34H,2-5,7-8,11,13-15H2,1H3,(H,29,32)/b9-6+/t17?,20?,21?,22?,23-,25?,26?,27-,28+/m0/s1. The summed E-state index contributed by atoms with van der Waals surface area (Å²) in [5.41, 5.74) is 0.174. The molecular formula is C28H40N2O6. The molecule has 1 aliphatic heterocycles. The summed E-state index contributed by atoms with van der Waals surface area (Å²) in [6, 6.07) is 1.59. The number of carbonyl (C=O) groups excluding carboxylic acids is 1. The van der Waals surface area contributed by atoms with Gasteiger partial charge in [0, 0.05) is 17.7 Å². The molecule has 1 aromatic rings. The number of furan rings is 1. The zero-order chi connectivity index (χ0) is 25.1. The monoisotopic (exact) mass is 500 g/mol. The lowest BCUT2D eigenvalue weighted by atomic mass is 9.42. The Morgan fingerprint density at radius 1 is 1.28 bits per heavy atom. The summed E-state index contributed by atoms with van der Waals surface area (Å²) in [5, 5.41) is 37.5. The Balaban J connectivity index is 1.44. The van der Waals surface area contributed by atoms with E-state index in [4.69, 9.17) is 9.15 Å². The van der Waals surface area contributed by atoms with Gasteiger partial charge >= 0.3 is 0 Å². The Labute approximate surface area is 212 Å². The third-order valence-corrected chi connectivity index (χ3v) is 10.2.